The van der Waals surface area contributed by atoms with E-state index in [2.05, 4.69) is 5.32 Å². The number of halogens is 2. The molecule has 0 saturated carbocycles. The van der Waals surface area contributed by atoms with Crippen LogP contribution in [-0.2, 0) is 20.7 Å². The molecule has 2 heterocycles. The van der Waals surface area contributed by atoms with E-state index in [-0.39, 0.29) is 24.1 Å². The highest BCUT2D eigenvalue weighted by atomic mass is 35.5. The smallest absolute Gasteiger partial charge is 0.228 e. The first-order valence-electron chi connectivity index (χ1n) is 10.5. The van der Waals surface area contributed by atoms with Gasteiger partial charge in [-0.05, 0) is 68.4 Å². The number of hydrogen-bond acceptors (Lipinski definition) is 3. The molecule has 2 unspecified atom stereocenters. The minimum atomic E-state index is -0.546. The lowest BCUT2D eigenvalue weighted by Gasteiger charge is -2.27. The number of ether oxygens (including phenoxy) is 2. The molecule has 2 aliphatic rings. The van der Waals surface area contributed by atoms with E-state index in [1.807, 2.05) is 31.2 Å². The summed E-state index contributed by atoms with van der Waals surface area (Å²) < 4.78 is 25.6. The Kier molecular flexibility index (Phi) is 6.42. The quantitative estimate of drug-likeness (QED) is 0.690. The van der Waals surface area contributed by atoms with E-state index in [1.54, 1.807) is 12.1 Å². The van der Waals surface area contributed by atoms with E-state index in [9.17, 15) is 9.18 Å². The van der Waals surface area contributed by atoms with Crippen molar-refractivity contribution in [1.82, 2.24) is 5.32 Å². The van der Waals surface area contributed by atoms with Gasteiger partial charge in [-0.1, -0.05) is 35.9 Å². The van der Waals surface area contributed by atoms with Crippen LogP contribution in [0.1, 0.15) is 38.2 Å². The summed E-state index contributed by atoms with van der Waals surface area (Å²) in [6.07, 6.45) is 4.30. The van der Waals surface area contributed by atoms with E-state index < -0.39 is 5.41 Å². The summed E-state index contributed by atoms with van der Waals surface area (Å²) in [5, 5.41) is 3.61. The zero-order chi connectivity index (χ0) is 21.1. The minimum absolute atomic E-state index is 0.0286. The van der Waals surface area contributed by atoms with Crippen molar-refractivity contribution in [2.45, 2.75) is 51.4 Å². The molecule has 2 aromatic rings. The van der Waals surface area contributed by atoms with Gasteiger partial charge in [0.1, 0.15) is 5.82 Å². The number of hydrogen-bond donors (Lipinski definition) is 1. The molecular formula is C24H27ClFNO3. The van der Waals surface area contributed by atoms with Crippen LogP contribution in [-0.4, -0.2) is 31.5 Å². The maximum Gasteiger partial charge on any atom is 0.228 e. The van der Waals surface area contributed by atoms with Gasteiger partial charge in [0.05, 0.1) is 12.0 Å². The van der Waals surface area contributed by atoms with Gasteiger partial charge in [-0.25, -0.2) is 4.39 Å². The SMILES string of the molecule is C[C@@]1(COC2CCCCO2)CC(Cc2ccc(-c3cc(Cl)ccc3F)cc2)NC1=O. The summed E-state index contributed by atoms with van der Waals surface area (Å²) >= 11 is 6.00. The molecule has 4 rings (SSSR count). The second-order valence-electron chi connectivity index (χ2n) is 8.57. The van der Waals surface area contributed by atoms with Crippen molar-refractivity contribution in [3.05, 3.63) is 58.9 Å². The summed E-state index contributed by atoms with van der Waals surface area (Å²) in [7, 11) is 0. The monoisotopic (exact) mass is 431 g/mol. The molecule has 2 aromatic carbocycles. The van der Waals surface area contributed by atoms with Gasteiger partial charge >= 0.3 is 0 Å². The van der Waals surface area contributed by atoms with E-state index in [1.165, 1.54) is 6.07 Å². The molecule has 30 heavy (non-hydrogen) atoms. The molecule has 160 valence electrons. The molecule has 6 heteroatoms. The Bertz CT molecular complexity index is 898. The second kappa shape index (κ2) is 9.04. The summed E-state index contributed by atoms with van der Waals surface area (Å²) in [6, 6.07) is 12.3. The molecule has 4 nitrogen and oxygen atoms in total. The number of amides is 1. The third-order valence-corrected chi connectivity index (χ3v) is 6.22. The molecule has 1 amide bonds. The molecular weight excluding hydrogens is 405 g/mol. The Balaban J connectivity index is 1.36. The van der Waals surface area contributed by atoms with Gasteiger partial charge in [0.25, 0.3) is 0 Å². The van der Waals surface area contributed by atoms with Crippen LogP contribution >= 0.6 is 11.6 Å². The standard InChI is InChI=1S/C24H27ClFNO3/c1-24(15-30-22-4-2-3-11-29-22)14-19(27-23(24)28)12-16-5-7-17(8-6-16)20-13-18(25)9-10-21(20)26/h5-10,13,19,22H,2-4,11-12,14-15H2,1H3,(H,27,28)/t19?,22?,24-/m0/s1. The van der Waals surface area contributed by atoms with Gasteiger partial charge in [0.15, 0.2) is 6.29 Å². The van der Waals surface area contributed by atoms with Crippen molar-refractivity contribution in [1.29, 1.82) is 0 Å². The Morgan fingerprint density at radius 2 is 2.03 bits per heavy atom. The fourth-order valence-electron chi connectivity index (χ4n) is 4.24. The van der Waals surface area contributed by atoms with Gasteiger partial charge < -0.3 is 14.8 Å². The molecule has 0 spiro atoms. The number of nitrogens with one attached hydrogen (secondary N) is 1. The average molecular weight is 432 g/mol. The van der Waals surface area contributed by atoms with Crippen LogP contribution in [0.25, 0.3) is 11.1 Å². The molecule has 3 atom stereocenters. The largest absolute Gasteiger partial charge is 0.353 e. The van der Waals surface area contributed by atoms with Crippen molar-refractivity contribution in [3.8, 4) is 11.1 Å². The highest BCUT2D eigenvalue weighted by Crippen LogP contribution is 2.33. The van der Waals surface area contributed by atoms with Crippen LogP contribution in [0, 0.1) is 11.2 Å². The molecule has 0 radical (unpaired) electrons. The molecule has 0 aromatic heterocycles. The third-order valence-electron chi connectivity index (χ3n) is 5.98. The van der Waals surface area contributed by atoms with Gasteiger partial charge in [-0.2, -0.15) is 0 Å². The Hall–Kier alpha value is -1.95. The lowest BCUT2D eigenvalue weighted by Crippen LogP contribution is -2.36. The van der Waals surface area contributed by atoms with E-state index in [0.717, 1.165) is 43.4 Å². The van der Waals surface area contributed by atoms with E-state index in [4.69, 9.17) is 21.1 Å². The van der Waals surface area contributed by atoms with E-state index >= 15 is 0 Å². The van der Waals surface area contributed by atoms with Crippen LogP contribution in [0.15, 0.2) is 42.5 Å². The van der Waals surface area contributed by atoms with Crippen molar-refractivity contribution in [2.24, 2.45) is 5.41 Å². The highest BCUT2D eigenvalue weighted by molar-refractivity contribution is 6.30. The van der Waals surface area contributed by atoms with Crippen molar-refractivity contribution < 1.29 is 18.7 Å². The Morgan fingerprint density at radius 1 is 1.23 bits per heavy atom. The van der Waals surface area contributed by atoms with Gasteiger partial charge in [-0.3, -0.25) is 4.79 Å². The topological polar surface area (TPSA) is 47.6 Å². The number of carbonyl (C=O) groups is 1. The van der Waals surface area contributed by atoms with E-state index in [0.29, 0.717) is 23.6 Å². The fraction of sp³-hybridized carbons (Fsp3) is 0.458. The van der Waals surface area contributed by atoms with Crippen LogP contribution in [0.4, 0.5) is 4.39 Å². The molecule has 2 fully saturated rings. The summed E-state index contributed by atoms with van der Waals surface area (Å²) in [5.74, 6) is -0.270. The van der Waals surface area contributed by atoms with Gasteiger partial charge in [0, 0.05) is 23.2 Å². The number of carbonyl (C=O) groups excluding carboxylic acids is 1. The van der Waals surface area contributed by atoms with Crippen LogP contribution in [0.3, 0.4) is 0 Å². The lowest BCUT2D eigenvalue weighted by molar-refractivity contribution is -0.178. The predicted molar refractivity (Wildman–Crippen MR) is 115 cm³/mol. The summed E-state index contributed by atoms with van der Waals surface area (Å²) in [4.78, 5) is 12.6. The first-order valence-corrected chi connectivity index (χ1v) is 10.9. The van der Waals surface area contributed by atoms with Gasteiger partial charge in [0.2, 0.25) is 5.91 Å². The molecule has 2 saturated heterocycles. The second-order valence-corrected chi connectivity index (χ2v) is 9.00. The molecule has 0 aliphatic carbocycles. The van der Waals surface area contributed by atoms with Gasteiger partial charge in [-0.15, -0.1) is 0 Å². The maximum atomic E-state index is 14.1. The zero-order valence-electron chi connectivity index (χ0n) is 17.1. The summed E-state index contributed by atoms with van der Waals surface area (Å²) in [6.45, 7) is 3.05. The molecule has 0 bridgehead atoms. The highest BCUT2D eigenvalue weighted by Gasteiger charge is 2.43. The zero-order valence-corrected chi connectivity index (χ0v) is 17.9. The Labute approximate surface area is 181 Å². The fourth-order valence-corrected chi connectivity index (χ4v) is 4.41. The van der Waals surface area contributed by atoms with Crippen molar-refractivity contribution in [3.63, 3.8) is 0 Å². The van der Waals surface area contributed by atoms with Crippen LogP contribution in [0.5, 0.6) is 0 Å². The number of rotatable bonds is 6. The molecule has 2 aliphatic heterocycles. The predicted octanol–water partition coefficient (Wildman–Crippen LogP) is 5.13. The lowest BCUT2D eigenvalue weighted by atomic mass is 9.86. The third kappa shape index (κ3) is 4.85. The van der Waals surface area contributed by atoms with Crippen molar-refractivity contribution >= 4 is 17.5 Å². The Morgan fingerprint density at radius 3 is 2.77 bits per heavy atom. The normalized spacial score (nSPS) is 26.6. The van der Waals surface area contributed by atoms with Crippen LogP contribution < -0.4 is 5.32 Å². The average Bonchev–Trinajstić information content (AvgIpc) is 3.03. The number of benzene rings is 2. The summed E-state index contributed by atoms with van der Waals surface area (Å²) in [5.41, 5.74) is 1.81. The van der Waals surface area contributed by atoms with Crippen LogP contribution in [0.2, 0.25) is 5.02 Å². The minimum Gasteiger partial charge on any atom is -0.353 e. The maximum absolute atomic E-state index is 14.1. The molecule has 1 N–H and O–H groups in total. The first kappa shape index (κ1) is 21.3. The first-order chi connectivity index (χ1) is 14.4. The van der Waals surface area contributed by atoms with Crippen molar-refractivity contribution in [2.75, 3.05) is 13.2 Å².